The van der Waals surface area contributed by atoms with Crippen molar-refractivity contribution >= 4 is 28.3 Å². The molecule has 0 spiro atoms. The van der Waals surface area contributed by atoms with Crippen LogP contribution in [0.25, 0.3) is 5.57 Å². The van der Waals surface area contributed by atoms with Crippen LogP contribution in [0.15, 0.2) is 230 Å². The van der Waals surface area contributed by atoms with Gasteiger partial charge in [-0.05, 0) is 98.6 Å². The van der Waals surface area contributed by atoms with E-state index in [9.17, 15) is 0 Å². The predicted octanol–water partition coefficient (Wildman–Crippen LogP) is 13.1. The summed E-state index contributed by atoms with van der Waals surface area (Å²) in [4.78, 5) is 2.39. The molecule has 2 aliphatic rings. The number of rotatable bonds is 8. The van der Waals surface area contributed by atoms with E-state index in [2.05, 4.69) is 235 Å². The Morgan fingerprint density at radius 3 is 1.40 bits per heavy atom. The molecular weight excluding hydrogens is 665 g/mol. The first-order chi connectivity index (χ1) is 27.3. The number of para-hydroxylation sites is 3. The van der Waals surface area contributed by atoms with Crippen LogP contribution in [0.2, 0.25) is 0 Å². The Morgan fingerprint density at radius 1 is 0.382 bits per heavy atom. The molecule has 8 aromatic rings. The van der Waals surface area contributed by atoms with Gasteiger partial charge in [-0.15, -0.1) is 0 Å². The largest absolute Gasteiger partial charge is 0.371 e. The molecule has 1 atom stereocenters. The van der Waals surface area contributed by atoms with Crippen LogP contribution in [0.1, 0.15) is 45.4 Å². The first-order valence-corrected chi connectivity index (χ1v) is 19.2. The monoisotopic (exact) mass is 704 g/mol. The summed E-state index contributed by atoms with van der Waals surface area (Å²) in [7, 11) is 0. The Morgan fingerprint density at radius 2 is 0.836 bits per heavy atom. The van der Waals surface area contributed by atoms with Gasteiger partial charge in [-0.2, -0.15) is 0 Å². The number of benzene rings is 8. The van der Waals surface area contributed by atoms with Crippen molar-refractivity contribution in [3.05, 3.63) is 269 Å². The van der Waals surface area contributed by atoms with Crippen molar-refractivity contribution in [3.8, 4) is 0 Å². The van der Waals surface area contributed by atoms with E-state index in [1.54, 1.807) is 0 Å². The lowest BCUT2D eigenvalue weighted by Gasteiger charge is -2.46. The van der Waals surface area contributed by atoms with Gasteiger partial charge in [0, 0.05) is 29.2 Å². The van der Waals surface area contributed by atoms with Crippen LogP contribution in [0, 0.1) is 0 Å². The lowest BCUT2D eigenvalue weighted by atomic mass is 9.61. The fraction of sp³-hybridized carbons (Fsp3) is 0.0566. The van der Waals surface area contributed by atoms with Crippen molar-refractivity contribution in [1.29, 1.82) is 0 Å². The van der Waals surface area contributed by atoms with Crippen molar-refractivity contribution in [3.63, 3.8) is 0 Å². The average molecular weight is 705 g/mol. The van der Waals surface area contributed by atoms with E-state index in [0.717, 1.165) is 29.2 Å². The summed E-state index contributed by atoms with van der Waals surface area (Å²) in [5, 5.41) is 4.18. The zero-order chi connectivity index (χ0) is 36.7. The minimum atomic E-state index is -0.589. The third-order valence-electron chi connectivity index (χ3n) is 11.6. The van der Waals surface area contributed by atoms with Gasteiger partial charge >= 0.3 is 0 Å². The zero-order valence-corrected chi connectivity index (χ0v) is 30.5. The van der Waals surface area contributed by atoms with E-state index in [4.69, 9.17) is 0 Å². The van der Waals surface area contributed by atoms with Gasteiger partial charge < -0.3 is 10.2 Å². The highest BCUT2D eigenvalue weighted by atomic mass is 15.1. The molecule has 8 aromatic carbocycles. The van der Waals surface area contributed by atoms with Crippen LogP contribution in [0.3, 0.4) is 0 Å². The first-order valence-electron chi connectivity index (χ1n) is 19.2. The molecule has 2 aliphatic carbocycles. The van der Waals surface area contributed by atoms with Gasteiger partial charge in [0.25, 0.3) is 0 Å². The topological polar surface area (TPSA) is 15.3 Å². The molecular formula is C53H40N2. The van der Waals surface area contributed by atoms with E-state index >= 15 is 0 Å². The van der Waals surface area contributed by atoms with Crippen molar-refractivity contribution < 1.29 is 0 Å². The van der Waals surface area contributed by atoms with Gasteiger partial charge in [0.15, 0.2) is 0 Å². The molecule has 1 N–H and O–H groups in total. The molecule has 10 rings (SSSR count). The third-order valence-corrected chi connectivity index (χ3v) is 11.6. The van der Waals surface area contributed by atoms with E-state index in [1.165, 1.54) is 50.1 Å². The van der Waals surface area contributed by atoms with Crippen molar-refractivity contribution in [1.82, 2.24) is 0 Å². The minimum absolute atomic E-state index is 0.558. The number of nitrogens with one attached hydrogen (secondary N) is 1. The van der Waals surface area contributed by atoms with Crippen LogP contribution in [0.4, 0.5) is 22.7 Å². The maximum absolute atomic E-state index is 4.18. The summed E-state index contributed by atoms with van der Waals surface area (Å²) in [5.74, 6) is 0. The van der Waals surface area contributed by atoms with Gasteiger partial charge in [0.2, 0.25) is 0 Å². The lowest BCUT2D eigenvalue weighted by Crippen LogP contribution is -2.43. The molecule has 0 radical (unpaired) electrons. The standard InChI is InChI=1S/C53H40N2/c1-7-21-39(22-8-1)52(54-42-27-13-4-14-28-42)38-50-51(46-33-19-20-34-48(46)52)47-36-35-45(55(43-29-15-5-16-30-43)44-31-17-6-18-32-44)37-49(47)53(50,40-23-9-2-10-24-40)41-25-11-3-12-26-41/h1-37,54H,38H2. The summed E-state index contributed by atoms with van der Waals surface area (Å²) in [5.41, 5.74) is 14.9. The van der Waals surface area contributed by atoms with Crippen molar-refractivity contribution in [2.45, 2.75) is 17.4 Å². The summed E-state index contributed by atoms with van der Waals surface area (Å²) in [6, 6.07) is 81.9. The predicted molar refractivity (Wildman–Crippen MR) is 228 cm³/mol. The lowest BCUT2D eigenvalue weighted by molar-refractivity contribution is 0.535. The summed E-state index contributed by atoms with van der Waals surface area (Å²) in [6.07, 6.45) is 0.757. The maximum atomic E-state index is 4.18. The van der Waals surface area contributed by atoms with E-state index in [-0.39, 0.29) is 0 Å². The highest BCUT2D eigenvalue weighted by Crippen LogP contribution is 2.63. The van der Waals surface area contributed by atoms with E-state index < -0.39 is 11.0 Å². The Labute approximate surface area is 323 Å². The number of fused-ring (bicyclic) bond motifs is 4. The van der Waals surface area contributed by atoms with Crippen LogP contribution in [-0.4, -0.2) is 0 Å². The normalized spacial score (nSPS) is 16.4. The fourth-order valence-corrected chi connectivity index (χ4v) is 9.41. The molecule has 262 valence electrons. The summed E-state index contributed by atoms with van der Waals surface area (Å²) >= 11 is 0. The smallest absolute Gasteiger partial charge is 0.0923 e. The minimum Gasteiger partial charge on any atom is -0.371 e. The van der Waals surface area contributed by atoms with Gasteiger partial charge in [-0.25, -0.2) is 0 Å². The van der Waals surface area contributed by atoms with E-state index in [0.29, 0.717) is 0 Å². The molecule has 0 heterocycles. The second-order valence-corrected chi connectivity index (χ2v) is 14.6. The molecule has 0 saturated carbocycles. The molecule has 1 unspecified atom stereocenters. The molecule has 2 heteroatoms. The van der Waals surface area contributed by atoms with Gasteiger partial charge in [-0.1, -0.05) is 176 Å². The average Bonchev–Trinajstić information content (AvgIpc) is 3.56. The SMILES string of the molecule is c1ccc(NC2(c3ccccc3)CC3=C(c4ccccc42)c2ccc(N(c4ccccc4)c4ccccc4)cc2C3(c2ccccc2)c2ccccc2)cc1. The van der Waals surface area contributed by atoms with Gasteiger partial charge in [-0.3, -0.25) is 0 Å². The summed E-state index contributed by atoms with van der Waals surface area (Å²) < 4.78 is 0. The second kappa shape index (κ2) is 13.5. The van der Waals surface area contributed by atoms with Crippen LogP contribution in [0.5, 0.6) is 0 Å². The number of hydrogen-bond donors (Lipinski definition) is 1. The van der Waals surface area contributed by atoms with Gasteiger partial charge in [0.1, 0.15) is 0 Å². The van der Waals surface area contributed by atoms with Crippen molar-refractivity contribution in [2.75, 3.05) is 10.2 Å². The highest BCUT2D eigenvalue weighted by Gasteiger charge is 2.54. The molecule has 0 amide bonds. The molecule has 0 saturated heterocycles. The Kier molecular flexibility index (Phi) is 8.03. The Bertz CT molecular complexity index is 2540. The van der Waals surface area contributed by atoms with Crippen LogP contribution < -0.4 is 10.2 Å². The zero-order valence-electron chi connectivity index (χ0n) is 30.5. The third kappa shape index (κ3) is 5.25. The van der Waals surface area contributed by atoms with E-state index in [1.807, 2.05) is 0 Å². The molecule has 55 heavy (non-hydrogen) atoms. The Balaban J connectivity index is 1.30. The highest BCUT2D eigenvalue weighted by molar-refractivity contribution is 5.97. The maximum Gasteiger partial charge on any atom is 0.0923 e. The quantitative estimate of drug-likeness (QED) is 0.169. The molecule has 0 fully saturated rings. The second-order valence-electron chi connectivity index (χ2n) is 14.6. The Hall–Kier alpha value is -6.90. The molecule has 2 nitrogen and oxygen atoms in total. The van der Waals surface area contributed by atoms with Crippen LogP contribution in [-0.2, 0) is 11.0 Å². The van der Waals surface area contributed by atoms with Gasteiger partial charge in [0.05, 0.1) is 11.0 Å². The summed E-state index contributed by atoms with van der Waals surface area (Å²) in [6.45, 7) is 0. The number of hydrogen-bond acceptors (Lipinski definition) is 2. The number of anilines is 4. The fourth-order valence-electron chi connectivity index (χ4n) is 9.41. The molecule has 0 aromatic heterocycles. The van der Waals surface area contributed by atoms with Crippen LogP contribution >= 0.6 is 0 Å². The number of nitrogens with zero attached hydrogens (tertiary/aromatic N) is 1. The first kappa shape index (κ1) is 32.7. The van der Waals surface area contributed by atoms with Crippen molar-refractivity contribution in [2.24, 2.45) is 0 Å². The molecule has 0 bridgehead atoms. The molecule has 0 aliphatic heterocycles.